The SMILES string of the molecule is O=C(O)[C@@H]1Cc2c(Cl)cccc2CN1. The maximum atomic E-state index is 10.8. The second-order valence-corrected chi connectivity index (χ2v) is 3.76. The van der Waals surface area contributed by atoms with E-state index in [0.29, 0.717) is 18.0 Å². The highest BCUT2D eigenvalue weighted by atomic mass is 35.5. The molecule has 0 saturated carbocycles. The third kappa shape index (κ3) is 1.61. The largest absolute Gasteiger partial charge is 0.480 e. The Kier molecular flexibility index (Phi) is 2.44. The number of carbonyl (C=O) groups is 1. The molecule has 0 amide bonds. The van der Waals surface area contributed by atoms with Crippen molar-refractivity contribution < 1.29 is 9.90 Å². The summed E-state index contributed by atoms with van der Waals surface area (Å²) in [6.45, 7) is 0.576. The van der Waals surface area contributed by atoms with Gasteiger partial charge in [0.15, 0.2) is 0 Å². The van der Waals surface area contributed by atoms with Crippen LogP contribution >= 0.6 is 11.6 Å². The smallest absolute Gasteiger partial charge is 0.321 e. The van der Waals surface area contributed by atoms with E-state index in [4.69, 9.17) is 16.7 Å². The predicted molar refractivity (Wildman–Crippen MR) is 53.4 cm³/mol. The van der Waals surface area contributed by atoms with E-state index in [0.717, 1.165) is 11.1 Å². The second kappa shape index (κ2) is 3.59. The van der Waals surface area contributed by atoms with E-state index >= 15 is 0 Å². The fourth-order valence-electron chi connectivity index (χ4n) is 1.68. The van der Waals surface area contributed by atoms with Crippen LogP contribution in [-0.2, 0) is 17.8 Å². The summed E-state index contributed by atoms with van der Waals surface area (Å²) in [5.74, 6) is -0.824. The molecule has 0 unspecified atom stereocenters. The molecule has 2 rings (SSSR count). The summed E-state index contributed by atoms with van der Waals surface area (Å²) in [5.41, 5.74) is 2.05. The fourth-order valence-corrected chi connectivity index (χ4v) is 1.95. The lowest BCUT2D eigenvalue weighted by atomic mass is 9.96. The number of carboxylic acid groups (broad SMARTS) is 1. The van der Waals surface area contributed by atoms with E-state index in [2.05, 4.69) is 5.32 Å². The van der Waals surface area contributed by atoms with Gasteiger partial charge in [-0.15, -0.1) is 0 Å². The van der Waals surface area contributed by atoms with E-state index in [1.165, 1.54) is 0 Å². The zero-order chi connectivity index (χ0) is 10.1. The quantitative estimate of drug-likeness (QED) is 0.739. The summed E-state index contributed by atoms with van der Waals surface area (Å²) >= 11 is 5.99. The minimum atomic E-state index is -0.824. The van der Waals surface area contributed by atoms with Crippen LogP contribution in [0, 0.1) is 0 Å². The molecule has 0 aromatic heterocycles. The number of rotatable bonds is 1. The minimum absolute atomic E-state index is 0.463. The Labute approximate surface area is 86.7 Å². The molecule has 4 heteroatoms. The summed E-state index contributed by atoms with van der Waals surface area (Å²) in [5, 5.41) is 12.5. The highest BCUT2D eigenvalue weighted by Crippen LogP contribution is 2.24. The van der Waals surface area contributed by atoms with Gasteiger partial charge in [0.1, 0.15) is 6.04 Å². The molecule has 0 fully saturated rings. The van der Waals surface area contributed by atoms with Gasteiger partial charge in [-0.2, -0.15) is 0 Å². The molecular formula is C10H10ClNO2. The van der Waals surface area contributed by atoms with Crippen molar-refractivity contribution in [2.75, 3.05) is 0 Å². The van der Waals surface area contributed by atoms with Crippen LogP contribution in [0.5, 0.6) is 0 Å². The topological polar surface area (TPSA) is 49.3 Å². The van der Waals surface area contributed by atoms with Gasteiger partial charge in [-0.3, -0.25) is 4.79 Å². The van der Waals surface area contributed by atoms with Crippen molar-refractivity contribution >= 4 is 17.6 Å². The first-order chi connectivity index (χ1) is 6.68. The van der Waals surface area contributed by atoms with Crippen molar-refractivity contribution in [1.82, 2.24) is 5.32 Å². The summed E-state index contributed by atoms with van der Waals surface area (Å²) < 4.78 is 0. The average molecular weight is 212 g/mol. The number of hydrogen-bond acceptors (Lipinski definition) is 2. The van der Waals surface area contributed by atoms with Crippen LogP contribution in [0.3, 0.4) is 0 Å². The molecule has 3 nitrogen and oxygen atoms in total. The van der Waals surface area contributed by atoms with Crippen molar-refractivity contribution in [2.24, 2.45) is 0 Å². The lowest BCUT2D eigenvalue weighted by Crippen LogP contribution is -2.41. The highest BCUT2D eigenvalue weighted by molar-refractivity contribution is 6.31. The molecule has 0 aliphatic carbocycles. The number of nitrogens with one attached hydrogen (secondary N) is 1. The van der Waals surface area contributed by atoms with Crippen molar-refractivity contribution in [3.05, 3.63) is 34.3 Å². The van der Waals surface area contributed by atoms with Crippen LogP contribution in [0.4, 0.5) is 0 Å². The summed E-state index contributed by atoms with van der Waals surface area (Å²) in [6.07, 6.45) is 0.463. The number of carboxylic acids is 1. The Morgan fingerprint density at radius 2 is 2.36 bits per heavy atom. The second-order valence-electron chi connectivity index (χ2n) is 3.35. The predicted octanol–water partition coefficient (Wildman–Crippen LogP) is 1.44. The molecule has 1 aliphatic rings. The Morgan fingerprint density at radius 1 is 1.57 bits per heavy atom. The molecule has 1 heterocycles. The van der Waals surface area contributed by atoms with E-state index in [1.54, 1.807) is 6.07 Å². The van der Waals surface area contributed by atoms with Gasteiger partial charge in [-0.25, -0.2) is 0 Å². The molecule has 0 saturated heterocycles. The molecule has 0 spiro atoms. The highest BCUT2D eigenvalue weighted by Gasteiger charge is 2.24. The van der Waals surface area contributed by atoms with E-state index in [-0.39, 0.29) is 0 Å². The third-order valence-electron chi connectivity index (χ3n) is 2.46. The van der Waals surface area contributed by atoms with Gasteiger partial charge in [0.2, 0.25) is 0 Å². The number of halogens is 1. The van der Waals surface area contributed by atoms with Gasteiger partial charge in [0.05, 0.1) is 0 Å². The lowest BCUT2D eigenvalue weighted by Gasteiger charge is -2.23. The lowest BCUT2D eigenvalue weighted by molar-refractivity contribution is -0.139. The first-order valence-electron chi connectivity index (χ1n) is 4.41. The van der Waals surface area contributed by atoms with Crippen LogP contribution in [0.2, 0.25) is 5.02 Å². The standard InChI is InChI=1S/C10H10ClNO2/c11-8-3-1-2-6-5-12-9(10(13)14)4-7(6)8/h1-3,9,12H,4-5H2,(H,13,14)/t9-/m0/s1. The molecular weight excluding hydrogens is 202 g/mol. The molecule has 14 heavy (non-hydrogen) atoms. The molecule has 2 N–H and O–H groups in total. The summed E-state index contributed by atoms with van der Waals surface area (Å²) in [7, 11) is 0. The van der Waals surface area contributed by atoms with Gasteiger partial charge < -0.3 is 10.4 Å². The van der Waals surface area contributed by atoms with Gasteiger partial charge in [-0.1, -0.05) is 23.7 Å². The Bertz CT molecular complexity index is 378. The third-order valence-corrected chi connectivity index (χ3v) is 2.82. The molecule has 0 radical (unpaired) electrons. The number of benzene rings is 1. The van der Waals surface area contributed by atoms with Gasteiger partial charge in [0, 0.05) is 18.0 Å². The fraction of sp³-hybridized carbons (Fsp3) is 0.300. The van der Waals surface area contributed by atoms with Crippen LogP contribution in [0.1, 0.15) is 11.1 Å². The maximum absolute atomic E-state index is 10.8. The molecule has 1 aliphatic heterocycles. The first-order valence-corrected chi connectivity index (χ1v) is 4.78. The number of aliphatic carboxylic acids is 1. The van der Waals surface area contributed by atoms with Gasteiger partial charge >= 0.3 is 5.97 Å². The molecule has 1 aromatic rings. The zero-order valence-corrected chi connectivity index (χ0v) is 8.21. The maximum Gasteiger partial charge on any atom is 0.321 e. The number of hydrogen-bond donors (Lipinski definition) is 2. The molecule has 74 valence electrons. The van der Waals surface area contributed by atoms with E-state index in [1.807, 2.05) is 12.1 Å². The molecule has 1 aromatic carbocycles. The molecule has 0 bridgehead atoms. The summed E-state index contributed by atoms with van der Waals surface area (Å²) in [6, 6.07) is 5.13. The van der Waals surface area contributed by atoms with Crippen molar-refractivity contribution in [2.45, 2.75) is 19.0 Å². The molecule has 1 atom stereocenters. The summed E-state index contributed by atoms with van der Waals surface area (Å²) in [4.78, 5) is 10.8. The van der Waals surface area contributed by atoms with Crippen LogP contribution in [0.15, 0.2) is 18.2 Å². The van der Waals surface area contributed by atoms with E-state index in [9.17, 15) is 4.79 Å². The first kappa shape index (κ1) is 9.49. The van der Waals surface area contributed by atoms with Crippen molar-refractivity contribution in [1.29, 1.82) is 0 Å². The van der Waals surface area contributed by atoms with E-state index < -0.39 is 12.0 Å². The Balaban J connectivity index is 2.33. The van der Waals surface area contributed by atoms with Crippen molar-refractivity contribution in [3.63, 3.8) is 0 Å². The van der Waals surface area contributed by atoms with Crippen LogP contribution in [-0.4, -0.2) is 17.1 Å². The normalized spacial score (nSPS) is 20.2. The Hall–Kier alpha value is -1.06. The minimum Gasteiger partial charge on any atom is -0.480 e. The van der Waals surface area contributed by atoms with Gasteiger partial charge in [-0.05, 0) is 17.2 Å². The van der Waals surface area contributed by atoms with Crippen molar-refractivity contribution in [3.8, 4) is 0 Å². The zero-order valence-electron chi connectivity index (χ0n) is 7.46. The van der Waals surface area contributed by atoms with Crippen LogP contribution < -0.4 is 5.32 Å². The number of fused-ring (bicyclic) bond motifs is 1. The Morgan fingerprint density at radius 3 is 3.07 bits per heavy atom. The average Bonchev–Trinajstić information content (AvgIpc) is 2.18. The van der Waals surface area contributed by atoms with Gasteiger partial charge in [0.25, 0.3) is 0 Å². The van der Waals surface area contributed by atoms with Crippen LogP contribution in [0.25, 0.3) is 0 Å². The monoisotopic (exact) mass is 211 g/mol.